The van der Waals surface area contributed by atoms with Gasteiger partial charge in [0.05, 0.1) is 6.61 Å². The first-order valence-corrected chi connectivity index (χ1v) is 9.29. The predicted octanol–water partition coefficient (Wildman–Crippen LogP) is 5.06. The van der Waals surface area contributed by atoms with Gasteiger partial charge in [-0.05, 0) is 61.1 Å². The fraction of sp³-hybridized carbons (Fsp3) is 0.667. The smallest absolute Gasteiger partial charge is 0.251 e. The summed E-state index contributed by atoms with van der Waals surface area (Å²) >= 11 is 0. The molecule has 0 radical (unpaired) electrons. The second-order valence-corrected chi connectivity index (χ2v) is 8.62. The standard InChI is InChI=1S/C21H33NO2/c1-15(2)14-24-19-8-6-7-16(13-19)20(23)22-18-11-9-17(10-12-18)21(3,4)5/h6-8,13,15,17-18H,9-12,14H2,1-5H3,(H,22,23). The molecule has 0 spiro atoms. The van der Waals surface area contributed by atoms with Gasteiger partial charge >= 0.3 is 0 Å². The third-order valence-electron chi connectivity index (χ3n) is 4.97. The highest BCUT2D eigenvalue weighted by Gasteiger charge is 2.30. The third kappa shape index (κ3) is 5.54. The Morgan fingerprint density at radius 3 is 2.46 bits per heavy atom. The number of nitrogens with one attached hydrogen (secondary N) is 1. The Kier molecular flexibility index (Phi) is 6.31. The van der Waals surface area contributed by atoms with Crippen molar-refractivity contribution >= 4 is 5.91 Å². The van der Waals surface area contributed by atoms with Crippen molar-refractivity contribution in [2.24, 2.45) is 17.3 Å². The summed E-state index contributed by atoms with van der Waals surface area (Å²) in [6.45, 7) is 11.9. The van der Waals surface area contributed by atoms with Crippen LogP contribution >= 0.6 is 0 Å². The van der Waals surface area contributed by atoms with Gasteiger partial charge in [-0.25, -0.2) is 0 Å². The Balaban J connectivity index is 1.88. The van der Waals surface area contributed by atoms with Crippen LogP contribution in [0.5, 0.6) is 5.75 Å². The minimum absolute atomic E-state index is 0.0178. The summed E-state index contributed by atoms with van der Waals surface area (Å²) in [6.07, 6.45) is 4.56. The van der Waals surface area contributed by atoms with Crippen molar-refractivity contribution in [3.05, 3.63) is 29.8 Å². The van der Waals surface area contributed by atoms with Crippen molar-refractivity contribution in [1.82, 2.24) is 5.32 Å². The van der Waals surface area contributed by atoms with Crippen molar-refractivity contribution in [2.75, 3.05) is 6.61 Å². The van der Waals surface area contributed by atoms with E-state index < -0.39 is 0 Å². The average molecular weight is 332 g/mol. The maximum Gasteiger partial charge on any atom is 0.251 e. The number of rotatable bonds is 5. The zero-order chi connectivity index (χ0) is 17.7. The van der Waals surface area contributed by atoms with Crippen LogP contribution < -0.4 is 10.1 Å². The number of hydrogen-bond acceptors (Lipinski definition) is 2. The fourth-order valence-electron chi connectivity index (χ4n) is 3.36. The Bertz CT molecular complexity index is 537. The van der Waals surface area contributed by atoms with E-state index >= 15 is 0 Å². The van der Waals surface area contributed by atoms with Crippen LogP contribution in [-0.2, 0) is 0 Å². The molecule has 0 bridgehead atoms. The molecule has 1 saturated carbocycles. The van der Waals surface area contributed by atoms with Gasteiger partial charge in [0, 0.05) is 11.6 Å². The van der Waals surface area contributed by atoms with Gasteiger partial charge in [0.15, 0.2) is 0 Å². The first kappa shape index (κ1) is 18.8. The number of amides is 1. The summed E-state index contributed by atoms with van der Waals surface area (Å²) in [7, 11) is 0. The highest BCUT2D eigenvalue weighted by Crippen LogP contribution is 2.37. The molecule has 1 aromatic carbocycles. The zero-order valence-electron chi connectivity index (χ0n) is 15.9. The SMILES string of the molecule is CC(C)COc1cccc(C(=O)NC2CCC(C(C)(C)C)CC2)c1. The molecule has 0 heterocycles. The van der Waals surface area contributed by atoms with Crippen LogP contribution in [0.3, 0.4) is 0 Å². The van der Waals surface area contributed by atoms with Crippen molar-refractivity contribution in [3.8, 4) is 5.75 Å². The van der Waals surface area contributed by atoms with E-state index in [4.69, 9.17) is 4.74 Å². The van der Waals surface area contributed by atoms with Gasteiger partial charge < -0.3 is 10.1 Å². The molecule has 0 saturated heterocycles. The summed E-state index contributed by atoms with van der Waals surface area (Å²) in [5.41, 5.74) is 1.06. The monoisotopic (exact) mass is 331 g/mol. The first-order chi connectivity index (χ1) is 11.3. The molecule has 1 N–H and O–H groups in total. The topological polar surface area (TPSA) is 38.3 Å². The van der Waals surface area contributed by atoms with Gasteiger partial charge in [-0.1, -0.05) is 40.7 Å². The maximum atomic E-state index is 12.5. The first-order valence-electron chi connectivity index (χ1n) is 9.29. The van der Waals surface area contributed by atoms with Gasteiger partial charge in [0.2, 0.25) is 0 Å². The van der Waals surface area contributed by atoms with E-state index in [2.05, 4.69) is 39.9 Å². The van der Waals surface area contributed by atoms with Crippen LogP contribution in [-0.4, -0.2) is 18.6 Å². The summed E-state index contributed by atoms with van der Waals surface area (Å²) in [5, 5.41) is 3.20. The lowest BCUT2D eigenvalue weighted by molar-refractivity contribution is 0.0903. The number of benzene rings is 1. The molecule has 3 heteroatoms. The van der Waals surface area contributed by atoms with Crippen molar-refractivity contribution < 1.29 is 9.53 Å². The molecule has 2 rings (SSSR count). The van der Waals surface area contributed by atoms with Crippen LogP contribution in [0.15, 0.2) is 24.3 Å². The van der Waals surface area contributed by atoms with Crippen LogP contribution in [0.25, 0.3) is 0 Å². The Hall–Kier alpha value is -1.51. The van der Waals surface area contributed by atoms with E-state index in [1.165, 1.54) is 12.8 Å². The highest BCUT2D eigenvalue weighted by atomic mass is 16.5. The molecule has 1 aromatic rings. The zero-order valence-corrected chi connectivity index (χ0v) is 15.9. The summed E-state index contributed by atoms with van der Waals surface area (Å²) in [6, 6.07) is 7.81. The molecule has 1 fully saturated rings. The minimum atomic E-state index is 0.0178. The fourth-order valence-corrected chi connectivity index (χ4v) is 3.36. The van der Waals surface area contributed by atoms with Crippen LogP contribution in [0.1, 0.15) is 70.7 Å². The van der Waals surface area contributed by atoms with E-state index in [-0.39, 0.29) is 5.91 Å². The van der Waals surface area contributed by atoms with Crippen molar-refractivity contribution in [2.45, 2.75) is 66.3 Å². The van der Waals surface area contributed by atoms with E-state index in [9.17, 15) is 4.79 Å². The Morgan fingerprint density at radius 1 is 1.21 bits per heavy atom. The molecule has 1 amide bonds. The summed E-state index contributed by atoms with van der Waals surface area (Å²) < 4.78 is 5.72. The highest BCUT2D eigenvalue weighted by molar-refractivity contribution is 5.94. The lowest BCUT2D eigenvalue weighted by Crippen LogP contribution is -2.39. The molecule has 0 aliphatic heterocycles. The van der Waals surface area contributed by atoms with E-state index in [1.807, 2.05) is 24.3 Å². The molecular weight excluding hydrogens is 298 g/mol. The van der Waals surface area contributed by atoms with Gasteiger partial charge in [-0.3, -0.25) is 4.79 Å². The molecule has 134 valence electrons. The largest absolute Gasteiger partial charge is 0.493 e. The van der Waals surface area contributed by atoms with Crippen LogP contribution in [0.4, 0.5) is 0 Å². The summed E-state index contributed by atoms with van der Waals surface area (Å²) in [4.78, 5) is 12.5. The predicted molar refractivity (Wildman–Crippen MR) is 99.4 cm³/mol. The van der Waals surface area contributed by atoms with E-state index in [0.29, 0.717) is 29.5 Å². The molecule has 0 unspecified atom stereocenters. The summed E-state index contributed by atoms with van der Waals surface area (Å²) in [5.74, 6) is 2.02. The Morgan fingerprint density at radius 2 is 1.88 bits per heavy atom. The number of carbonyl (C=O) groups is 1. The molecule has 3 nitrogen and oxygen atoms in total. The third-order valence-corrected chi connectivity index (χ3v) is 4.97. The van der Waals surface area contributed by atoms with Gasteiger partial charge in [-0.15, -0.1) is 0 Å². The second-order valence-electron chi connectivity index (χ2n) is 8.62. The average Bonchev–Trinajstić information content (AvgIpc) is 2.53. The molecular formula is C21H33NO2. The lowest BCUT2D eigenvalue weighted by Gasteiger charge is -2.37. The lowest BCUT2D eigenvalue weighted by atomic mass is 9.71. The minimum Gasteiger partial charge on any atom is -0.493 e. The molecule has 1 aliphatic carbocycles. The Labute approximate surface area is 147 Å². The van der Waals surface area contributed by atoms with E-state index in [1.54, 1.807) is 0 Å². The molecule has 1 aliphatic rings. The van der Waals surface area contributed by atoms with Gasteiger partial charge in [-0.2, -0.15) is 0 Å². The quantitative estimate of drug-likeness (QED) is 0.819. The maximum absolute atomic E-state index is 12.5. The van der Waals surface area contributed by atoms with Gasteiger partial charge in [0.25, 0.3) is 5.91 Å². The van der Waals surface area contributed by atoms with Crippen molar-refractivity contribution in [1.29, 1.82) is 0 Å². The number of carbonyl (C=O) groups excluding carboxylic acids is 1. The van der Waals surface area contributed by atoms with Crippen molar-refractivity contribution in [3.63, 3.8) is 0 Å². The molecule has 24 heavy (non-hydrogen) atoms. The van der Waals surface area contributed by atoms with E-state index in [0.717, 1.165) is 24.5 Å². The molecule has 0 aromatic heterocycles. The number of ether oxygens (including phenoxy) is 1. The van der Waals surface area contributed by atoms with Gasteiger partial charge in [0.1, 0.15) is 5.75 Å². The number of hydrogen-bond donors (Lipinski definition) is 1. The second kappa shape index (κ2) is 8.04. The normalized spacial score (nSPS) is 21.6. The van der Waals surface area contributed by atoms with Crippen LogP contribution in [0.2, 0.25) is 0 Å². The van der Waals surface area contributed by atoms with Crippen LogP contribution in [0, 0.1) is 17.3 Å². The molecule has 0 atom stereocenters.